The van der Waals surface area contributed by atoms with Crippen molar-refractivity contribution in [2.75, 3.05) is 13.1 Å². The summed E-state index contributed by atoms with van der Waals surface area (Å²) < 4.78 is 0. The molecule has 0 radical (unpaired) electrons. The Balaban J connectivity index is 1.86. The molecule has 2 unspecified atom stereocenters. The second-order valence-corrected chi connectivity index (χ2v) is 6.48. The predicted octanol–water partition coefficient (Wildman–Crippen LogP) is 1.94. The number of thioether (sulfide) groups is 1. The molecule has 0 bridgehead atoms. The van der Waals surface area contributed by atoms with Crippen LogP contribution in [0.25, 0.3) is 0 Å². The molecule has 0 spiro atoms. The van der Waals surface area contributed by atoms with Gasteiger partial charge in [0.15, 0.2) is 0 Å². The van der Waals surface area contributed by atoms with E-state index in [1.54, 1.807) is 12.1 Å². The van der Waals surface area contributed by atoms with E-state index in [1.807, 2.05) is 6.92 Å². The molecule has 1 heterocycles. The van der Waals surface area contributed by atoms with E-state index < -0.39 is 4.92 Å². The third-order valence-corrected chi connectivity index (χ3v) is 4.48. The van der Waals surface area contributed by atoms with Crippen molar-refractivity contribution >= 4 is 23.4 Å². The van der Waals surface area contributed by atoms with Crippen LogP contribution >= 0.6 is 11.8 Å². The Hall–Kier alpha value is -1.60. The first-order chi connectivity index (χ1) is 10.1. The molecule has 1 aromatic carbocycles. The van der Waals surface area contributed by atoms with E-state index >= 15 is 0 Å². The number of nitrogens with one attached hydrogen (secondary N) is 2. The summed E-state index contributed by atoms with van der Waals surface area (Å²) in [5.41, 5.74) is 0.0599. The summed E-state index contributed by atoms with van der Waals surface area (Å²) >= 11 is 1.41. The van der Waals surface area contributed by atoms with Crippen molar-refractivity contribution in [2.45, 2.75) is 36.0 Å². The number of nitro benzene ring substituents is 1. The molecular formula is C14H19N3O3S. The van der Waals surface area contributed by atoms with Crippen molar-refractivity contribution < 1.29 is 9.72 Å². The second kappa shape index (κ2) is 7.42. The van der Waals surface area contributed by atoms with Gasteiger partial charge in [-0.05, 0) is 38.4 Å². The lowest BCUT2D eigenvalue weighted by molar-refractivity contribution is -0.384. The number of nitrogens with zero attached hydrogens (tertiary/aromatic N) is 1. The monoisotopic (exact) mass is 309 g/mol. The molecule has 1 fully saturated rings. The zero-order chi connectivity index (χ0) is 15.2. The van der Waals surface area contributed by atoms with E-state index in [1.165, 1.54) is 23.9 Å². The fourth-order valence-electron chi connectivity index (χ4n) is 2.20. The molecule has 2 N–H and O–H groups in total. The normalized spacial score (nSPS) is 19.8. The highest BCUT2D eigenvalue weighted by Gasteiger charge is 2.20. The van der Waals surface area contributed by atoms with Crippen LogP contribution in [0, 0.1) is 10.1 Å². The Bertz CT molecular complexity index is 501. The minimum absolute atomic E-state index is 0.00653. The minimum atomic E-state index is -0.430. The Labute approximate surface area is 127 Å². The molecule has 1 amide bonds. The van der Waals surface area contributed by atoms with Crippen molar-refractivity contribution in [2.24, 2.45) is 0 Å². The summed E-state index contributed by atoms with van der Waals surface area (Å²) in [6.45, 7) is 3.68. The van der Waals surface area contributed by atoms with Crippen molar-refractivity contribution in [3.63, 3.8) is 0 Å². The van der Waals surface area contributed by atoms with Gasteiger partial charge in [0.05, 0.1) is 10.2 Å². The van der Waals surface area contributed by atoms with Gasteiger partial charge in [-0.2, -0.15) is 0 Å². The molecule has 1 aliphatic heterocycles. The van der Waals surface area contributed by atoms with Gasteiger partial charge >= 0.3 is 0 Å². The van der Waals surface area contributed by atoms with Crippen LogP contribution in [0.5, 0.6) is 0 Å². The van der Waals surface area contributed by atoms with Gasteiger partial charge in [-0.3, -0.25) is 14.9 Å². The third kappa shape index (κ3) is 4.71. The number of carbonyl (C=O) groups is 1. The van der Waals surface area contributed by atoms with Gasteiger partial charge in [-0.25, -0.2) is 0 Å². The van der Waals surface area contributed by atoms with E-state index in [2.05, 4.69) is 10.6 Å². The van der Waals surface area contributed by atoms with E-state index in [-0.39, 0.29) is 22.9 Å². The zero-order valence-electron chi connectivity index (χ0n) is 11.9. The highest BCUT2D eigenvalue weighted by Crippen LogP contribution is 2.25. The fraction of sp³-hybridized carbons (Fsp3) is 0.500. The van der Waals surface area contributed by atoms with Gasteiger partial charge in [0.2, 0.25) is 5.91 Å². The maximum atomic E-state index is 12.1. The van der Waals surface area contributed by atoms with Crippen LogP contribution in [-0.2, 0) is 4.79 Å². The van der Waals surface area contributed by atoms with Crippen molar-refractivity contribution in [3.05, 3.63) is 34.4 Å². The third-order valence-electron chi connectivity index (χ3n) is 3.37. The van der Waals surface area contributed by atoms with Gasteiger partial charge in [0.1, 0.15) is 0 Å². The second-order valence-electron chi connectivity index (χ2n) is 5.06. The molecule has 0 saturated carbocycles. The maximum Gasteiger partial charge on any atom is 0.269 e. The van der Waals surface area contributed by atoms with Gasteiger partial charge in [0.25, 0.3) is 5.69 Å². The number of carbonyl (C=O) groups excluding carboxylic acids is 1. The Morgan fingerprint density at radius 1 is 1.48 bits per heavy atom. The number of hydrogen-bond donors (Lipinski definition) is 2. The van der Waals surface area contributed by atoms with Crippen LogP contribution < -0.4 is 10.6 Å². The van der Waals surface area contributed by atoms with E-state index in [0.717, 1.165) is 30.8 Å². The topological polar surface area (TPSA) is 84.3 Å². The van der Waals surface area contributed by atoms with E-state index in [9.17, 15) is 14.9 Å². The van der Waals surface area contributed by atoms with Gasteiger partial charge in [-0.1, -0.05) is 0 Å². The SMILES string of the molecule is CC(Sc1ccc([N+](=O)[O-])cc1)C(=O)NC1CCCNC1. The number of amides is 1. The first kappa shape index (κ1) is 15.8. The van der Waals surface area contributed by atoms with Gasteiger partial charge in [-0.15, -0.1) is 11.8 Å². The average molecular weight is 309 g/mol. The standard InChI is InChI=1S/C14H19N3O3S/c1-10(14(18)16-11-3-2-8-15-9-11)21-13-6-4-12(5-7-13)17(19)20/h4-7,10-11,15H,2-3,8-9H2,1H3,(H,16,18). The van der Waals surface area contributed by atoms with Crippen LogP contribution in [0.2, 0.25) is 0 Å². The summed E-state index contributed by atoms with van der Waals surface area (Å²) in [6.07, 6.45) is 2.09. The molecule has 7 heteroatoms. The van der Waals surface area contributed by atoms with E-state index in [0.29, 0.717) is 0 Å². The summed E-state index contributed by atoms with van der Waals surface area (Å²) in [7, 11) is 0. The molecular weight excluding hydrogens is 290 g/mol. The maximum absolute atomic E-state index is 12.1. The molecule has 0 aliphatic carbocycles. The number of rotatable bonds is 5. The first-order valence-electron chi connectivity index (χ1n) is 6.98. The number of nitro groups is 1. The Morgan fingerprint density at radius 3 is 2.76 bits per heavy atom. The highest BCUT2D eigenvalue weighted by molar-refractivity contribution is 8.00. The molecule has 1 aromatic rings. The molecule has 21 heavy (non-hydrogen) atoms. The number of hydrogen-bond acceptors (Lipinski definition) is 5. The smallest absolute Gasteiger partial charge is 0.269 e. The molecule has 2 rings (SSSR count). The lowest BCUT2D eigenvalue weighted by atomic mass is 10.1. The molecule has 2 atom stereocenters. The number of piperidine rings is 1. The zero-order valence-corrected chi connectivity index (χ0v) is 12.7. The summed E-state index contributed by atoms with van der Waals surface area (Å²) in [5, 5.41) is 16.7. The first-order valence-corrected chi connectivity index (χ1v) is 7.86. The number of non-ortho nitro benzene ring substituents is 1. The fourth-order valence-corrected chi connectivity index (χ4v) is 3.07. The quantitative estimate of drug-likeness (QED) is 0.493. The Morgan fingerprint density at radius 2 is 2.19 bits per heavy atom. The highest BCUT2D eigenvalue weighted by atomic mass is 32.2. The lowest BCUT2D eigenvalue weighted by Gasteiger charge is -2.25. The summed E-state index contributed by atoms with van der Waals surface area (Å²) in [5.74, 6) is 0.00653. The largest absolute Gasteiger partial charge is 0.351 e. The van der Waals surface area contributed by atoms with Gasteiger partial charge < -0.3 is 10.6 Å². The predicted molar refractivity (Wildman–Crippen MR) is 82.4 cm³/mol. The lowest BCUT2D eigenvalue weighted by Crippen LogP contribution is -2.47. The van der Waals surface area contributed by atoms with Crippen LogP contribution in [-0.4, -0.2) is 35.2 Å². The summed E-state index contributed by atoms with van der Waals surface area (Å²) in [6, 6.07) is 6.46. The Kier molecular flexibility index (Phi) is 5.58. The summed E-state index contributed by atoms with van der Waals surface area (Å²) in [4.78, 5) is 23.1. The van der Waals surface area contributed by atoms with Crippen LogP contribution in [0.3, 0.4) is 0 Å². The molecule has 114 valence electrons. The molecule has 6 nitrogen and oxygen atoms in total. The van der Waals surface area contributed by atoms with Crippen LogP contribution in [0.15, 0.2) is 29.2 Å². The minimum Gasteiger partial charge on any atom is -0.351 e. The average Bonchev–Trinajstić information content (AvgIpc) is 2.48. The molecule has 1 aliphatic rings. The number of benzene rings is 1. The van der Waals surface area contributed by atoms with Crippen molar-refractivity contribution in [3.8, 4) is 0 Å². The van der Waals surface area contributed by atoms with Crippen LogP contribution in [0.4, 0.5) is 5.69 Å². The van der Waals surface area contributed by atoms with Gasteiger partial charge in [0, 0.05) is 29.6 Å². The van der Waals surface area contributed by atoms with Crippen molar-refractivity contribution in [1.82, 2.24) is 10.6 Å². The van der Waals surface area contributed by atoms with E-state index in [4.69, 9.17) is 0 Å². The van der Waals surface area contributed by atoms with Crippen molar-refractivity contribution in [1.29, 1.82) is 0 Å². The van der Waals surface area contributed by atoms with Crippen LogP contribution in [0.1, 0.15) is 19.8 Å². The molecule has 0 aromatic heterocycles. The molecule has 1 saturated heterocycles.